The van der Waals surface area contributed by atoms with Gasteiger partial charge in [-0.2, -0.15) is 0 Å². The maximum Gasteiger partial charge on any atom is 0.0994 e. The lowest BCUT2D eigenvalue weighted by atomic mass is 9.91. The lowest BCUT2D eigenvalue weighted by molar-refractivity contribution is -0.101. The summed E-state index contributed by atoms with van der Waals surface area (Å²) < 4.78 is 0. The minimum Gasteiger partial charge on any atom is -0.391 e. The van der Waals surface area contributed by atoms with Crippen LogP contribution in [0.2, 0.25) is 0 Å². The molecule has 2 aliphatic rings. The molecule has 5 atom stereocenters. The molecule has 0 aromatic carbocycles. The summed E-state index contributed by atoms with van der Waals surface area (Å²) in [4.78, 5) is 2.11. The van der Waals surface area contributed by atoms with Gasteiger partial charge in [-0.3, -0.25) is 4.90 Å². The largest absolute Gasteiger partial charge is 0.391 e. The molecular formula is C16H32N2O3. The number of piperidine rings is 1. The molecule has 0 saturated carbocycles. The predicted octanol–water partition coefficient (Wildman–Crippen LogP) is 0.476. The molecule has 124 valence electrons. The van der Waals surface area contributed by atoms with Gasteiger partial charge in [-0.15, -0.1) is 0 Å². The first-order chi connectivity index (χ1) is 10.1. The van der Waals surface area contributed by atoms with Gasteiger partial charge in [0.2, 0.25) is 0 Å². The molecule has 0 amide bonds. The van der Waals surface area contributed by atoms with E-state index in [9.17, 15) is 15.3 Å². The van der Waals surface area contributed by atoms with Crippen molar-refractivity contribution < 1.29 is 15.3 Å². The van der Waals surface area contributed by atoms with Crippen LogP contribution in [0.4, 0.5) is 0 Å². The molecule has 0 aromatic rings. The van der Waals surface area contributed by atoms with Crippen LogP contribution in [0.25, 0.3) is 0 Å². The summed E-state index contributed by atoms with van der Waals surface area (Å²) in [5.74, 6) is 0. The summed E-state index contributed by atoms with van der Waals surface area (Å²) in [7, 11) is 0. The summed E-state index contributed by atoms with van der Waals surface area (Å²) >= 11 is 0. The number of unbranched alkanes of at least 4 members (excludes halogenated alkanes) is 5. The van der Waals surface area contributed by atoms with Gasteiger partial charge >= 0.3 is 0 Å². The SMILES string of the molecule is CCCCCCCCN[C@H]1CN2CC[C@H](O)C2[C@@H](O)[C@@H]1O. The molecule has 5 nitrogen and oxygen atoms in total. The molecule has 5 heteroatoms. The van der Waals surface area contributed by atoms with Crippen LogP contribution in [0, 0.1) is 0 Å². The van der Waals surface area contributed by atoms with E-state index in [0.717, 1.165) is 26.1 Å². The average Bonchev–Trinajstić information content (AvgIpc) is 2.84. The minimum atomic E-state index is -0.849. The van der Waals surface area contributed by atoms with Crippen molar-refractivity contribution in [2.75, 3.05) is 19.6 Å². The van der Waals surface area contributed by atoms with Gasteiger partial charge in [0.25, 0.3) is 0 Å². The van der Waals surface area contributed by atoms with Crippen LogP contribution in [-0.2, 0) is 0 Å². The summed E-state index contributed by atoms with van der Waals surface area (Å²) in [6.45, 7) is 4.64. The van der Waals surface area contributed by atoms with Crippen LogP contribution in [0.1, 0.15) is 51.9 Å². The molecule has 4 N–H and O–H groups in total. The van der Waals surface area contributed by atoms with Crippen molar-refractivity contribution in [3.8, 4) is 0 Å². The molecule has 0 aromatic heterocycles. The highest BCUT2D eigenvalue weighted by Gasteiger charge is 2.47. The molecule has 2 rings (SSSR count). The first kappa shape index (κ1) is 17.2. The Kier molecular flexibility index (Phi) is 6.89. The van der Waals surface area contributed by atoms with E-state index in [1.54, 1.807) is 0 Å². The fraction of sp³-hybridized carbons (Fsp3) is 1.00. The maximum atomic E-state index is 10.2. The van der Waals surface area contributed by atoms with Crippen molar-refractivity contribution in [3.63, 3.8) is 0 Å². The normalized spacial score (nSPS) is 36.9. The highest BCUT2D eigenvalue weighted by atomic mass is 16.3. The first-order valence-electron chi connectivity index (χ1n) is 8.66. The van der Waals surface area contributed by atoms with Crippen molar-refractivity contribution in [2.45, 2.75) is 82.3 Å². The molecule has 0 spiro atoms. The van der Waals surface area contributed by atoms with Crippen LogP contribution in [0.5, 0.6) is 0 Å². The molecule has 0 radical (unpaired) electrons. The molecule has 2 fully saturated rings. The third-order valence-corrected chi connectivity index (χ3v) is 5.01. The van der Waals surface area contributed by atoms with Gasteiger partial charge in [0.1, 0.15) is 0 Å². The average molecular weight is 300 g/mol. The Morgan fingerprint density at radius 1 is 1.00 bits per heavy atom. The first-order valence-corrected chi connectivity index (χ1v) is 8.66. The predicted molar refractivity (Wildman–Crippen MR) is 83.2 cm³/mol. The maximum absolute atomic E-state index is 10.2. The van der Waals surface area contributed by atoms with E-state index in [4.69, 9.17) is 0 Å². The standard InChI is InChI=1S/C16H32N2O3/c1-2-3-4-5-6-7-9-17-12-11-18-10-8-13(19)14(18)16(21)15(12)20/h12-17,19-21H,2-11H2,1H3/t12-,13-,14?,15+,16+/m0/s1. The number of hydrogen-bond donors (Lipinski definition) is 4. The van der Waals surface area contributed by atoms with E-state index in [0.29, 0.717) is 6.42 Å². The highest BCUT2D eigenvalue weighted by Crippen LogP contribution is 2.28. The van der Waals surface area contributed by atoms with Crippen molar-refractivity contribution in [3.05, 3.63) is 0 Å². The highest BCUT2D eigenvalue weighted by molar-refractivity contribution is 5.03. The fourth-order valence-electron chi connectivity index (χ4n) is 3.70. The topological polar surface area (TPSA) is 76.0 Å². The molecular weight excluding hydrogens is 268 g/mol. The van der Waals surface area contributed by atoms with Crippen molar-refractivity contribution >= 4 is 0 Å². The van der Waals surface area contributed by atoms with Gasteiger partial charge in [-0.25, -0.2) is 0 Å². The zero-order valence-electron chi connectivity index (χ0n) is 13.2. The number of aliphatic hydroxyl groups excluding tert-OH is 3. The van der Waals surface area contributed by atoms with Gasteiger partial charge in [0.15, 0.2) is 0 Å². The number of rotatable bonds is 8. The second-order valence-corrected chi connectivity index (χ2v) is 6.65. The van der Waals surface area contributed by atoms with Crippen LogP contribution in [-0.4, -0.2) is 70.2 Å². The van der Waals surface area contributed by atoms with Crippen molar-refractivity contribution in [1.82, 2.24) is 10.2 Å². The quantitative estimate of drug-likeness (QED) is 0.491. The van der Waals surface area contributed by atoms with Gasteiger partial charge < -0.3 is 20.6 Å². The second kappa shape index (κ2) is 8.44. The van der Waals surface area contributed by atoms with Crippen molar-refractivity contribution in [1.29, 1.82) is 0 Å². The van der Waals surface area contributed by atoms with E-state index in [2.05, 4.69) is 17.1 Å². The summed E-state index contributed by atoms with van der Waals surface area (Å²) in [6, 6.07) is -0.371. The molecule has 0 aliphatic carbocycles. The number of nitrogens with one attached hydrogen (secondary N) is 1. The number of fused-ring (bicyclic) bond motifs is 1. The Morgan fingerprint density at radius 2 is 1.71 bits per heavy atom. The molecule has 2 heterocycles. The van der Waals surface area contributed by atoms with E-state index in [1.165, 1.54) is 32.1 Å². The monoisotopic (exact) mass is 300 g/mol. The molecule has 2 aliphatic heterocycles. The Morgan fingerprint density at radius 3 is 2.48 bits per heavy atom. The van der Waals surface area contributed by atoms with Gasteiger partial charge in [-0.1, -0.05) is 39.0 Å². The third-order valence-electron chi connectivity index (χ3n) is 5.01. The van der Waals surface area contributed by atoms with Gasteiger partial charge in [0.05, 0.1) is 24.4 Å². The van der Waals surface area contributed by atoms with Crippen LogP contribution in [0.3, 0.4) is 0 Å². The lowest BCUT2D eigenvalue weighted by Crippen LogP contribution is -2.65. The summed E-state index contributed by atoms with van der Waals surface area (Å²) in [6.07, 6.45) is 6.09. The Hall–Kier alpha value is -0.200. The lowest BCUT2D eigenvalue weighted by Gasteiger charge is -2.43. The van der Waals surface area contributed by atoms with Crippen LogP contribution >= 0.6 is 0 Å². The smallest absolute Gasteiger partial charge is 0.0994 e. The third kappa shape index (κ3) is 4.39. The van der Waals surface area contributed by atoms with E-state index >= 15 is 0 Å². The van der Waals surface area contributed by atoms with E-state index in [1.807, 2.05) is 0 Å². The molecule has 0 bridgehead atoms. The number of nitrogens with zero attached hydrogens (tertiary/aromatic N) is 1. The van der Waals surface area contributed by atoms with Gasteiger partial charge in [-0.05, 0) is 19.4 Å². The molecule has 21 heavy (non-hydrogen) atoms. The Labute approximate surface area is 128 Å². The van der Waals surface area contributed by atoms with Crippen LogP contribution < -0.4 is 5.32 Å². The number of aliphatic hydroxyl groups is 3. The van der Waals surface area contributed by atoms with Crippen LogP contribution in [0.15, 0.2) is 0 Å². The summed E-state index contributed by atoms with van der Waals surface area (Å²) in [5.41, 5.74) is 0. The zero-order chi connectivity index (χ0) is 15.2. The number of hydrogen-bond acceptors (Lipinski definition) is 5. The zero-order valence-corrected chi connectivity index (χ0v) is 13.2. The Bertz CT molecular complexity index is 303. The summed E-state index contributed by atoms with van der Waals surface area (Å²) in [5, 5.41) is 33.7. The fourth-order valence-corrected chi connectivity index (χ4v) is 3.70. The molecule has 2 saturated heterocycles. The minimum absolute atomic E-state index is 0.0859. The van der Waals surface area contributed by atoms with E-state index in [-0.39, 0.29) is 12.1 Å². The van der Waals surface area contributed by atoms with E-state index < -0.39 is 18.3 Å². The molecule has 1 unspecified atom stereocenters. The van der Waals surface area contributed by atoms with Crippen molar-refractivity contribution in [2.24, 2.45) is 0 Å². The Balaban J connectivity index is 1.67. The van der Waals surface area contributed by atoms with Gasteiger partial charge in [0, 0.05) is 19.1 Å². The second-order valence-electron chi connectivity index (χ2n) is 6.65.